The summed E-state index contributed by atoms with van der Waals surface area (Å²) in [6, 6.07) is 10.0. The molecule has 132 valence electrons. The molecule has 2 aliphatic rings. The van der Waals surface area contributed by atoms with Crippen LogP contribution in [-0.4, -0.2) is 66.7 Å². The number of nitrogens with one attached hydrogen (secondary N) is 1. The fourth-order valence-corrected chi connectivity index (χ4v) is 3.29. The van der Waals surface area contributed by atoms with Gasteiger partial charge in [0, 0.05) is 31.5 Å². The van der Waals surface area contributed by atoms with Crippen LogP contribution in [0.1, 0.15) is 0 Å². The number of aliphatic hydroxyl groups excluding tert-OH is 1. The molecular weight excluding hydrogens is 320 g/mol. The number of benzene rings is 1. The Bertz CT molecular complexity index is 737. The predicted molar refractivity (Wildman–Crippen MR) is 94.7 cm³/mol. The van der Waals surface area contributed by atoms with Crippen LogP contribution < -0.4 is 10.2 Å². The van der Waals surface area contributed by atoms with Crippen molar-refractivity contribution in [2.75, 3.05) is 37.5 Å². The molecule has 4 atom stereocenters. The molecular formula is C18H22N4O3. The largest absolute Gasteiger partial charge is 0.388 e. The van der Waals surface area contributed by atoms with Gasteiger partial charge in [-0.15, -0.1) is 0 Å². The van der Waals surface area contributed by atoms with E-state index in [-0.39, 0.29) is 18.2 Å². The average molecular weight is 342 g/mol. The van der Waals surface area contributed by atoms with E-state index in [2.05, 4.69) is 32.3 Å². The number of anilines is 2. The smallest absolute Gasteiger partial charge is 0.223 e. The lowest BCUT2D eigenvalue weighted by Crippen LogP contribution is -2.36. The number of aliphatic hydroxyl groups is 1. The molecule has 2 aromatic rings. The van der Waals surface area contributed by atoms with Gasteiger partial charge in [0.25, 0.3) is 0 Å². The van der Waals surface area contributed by atoms with Gasteiger partial charge < -0.3 is 24.8 Å². The molecule has 7 nitrogen and oxygen atoms in total. The highest BCUT2D eigenvalue weighted by molar-refractivity contribution is 5.63. The van der Waals surface area contributed by atoms with Crippen molar-refractivity contribution in [2.45, 2.75) is 24.4 Å². The van der Waals surface area contributed by atoms with Crippen molar-refractivity contribution >= 4 is 11.6 Å². The Kier molecular flexibility index (Phi) is 4.29. The van der Waals surface area contributed by atoms with Crippen LogP contribution in [0.4, 0.5) is 11.6 Å². The summed E-state index contributed by atoms with van der Waals surface area (Å²) in [4.78, 5) is 11.0. The molecule has 3 heterocycles. The molecule has 2 N–H and O–H groups in total. The topological polar surface area (TPSA) is 79.7 Å². The molecule has 2 aliphatic heterocycles. The minimum absolute atomic E-state index is 0.0616. The summed E-state index contributed by atoms with van der Waals surface area (Å²) in [6.07, 6.45) is 0.752. The normalized spacial score (nSPS) is 28.0. The highest BCUT2D eigenvalue weighted by Crippen LogP contribution is 2.29. The first-order valence-electron chi connectivity index (χ1n) is 8.40. The third kappa shape index (κ3) is 3.18. The Labute approximate surface area is 146 Å². The molecule has 1 aromatic heterocycles. The van der Waals surface area contributed by atoms with Gasteiger partial charge in [0.05, 0.1) is 24.9 Å². The van der Waals surface area contributed by atoms with E-state index in [0.29, 0.717) is 19.2 Å². The van der Waals surface area contributed by atoms with E-state index in [1.807, 2.05) is 32.3 Å². The molecule has 0 spiro atoms. The SMILES string of the molecule is CN(C)c1ccc(-c2ccnc(N[C@H]3CO[C@H]4[C@@H]3OC[C@H]4O)n2)cc1. The van der Waals surface area contributed by atoms with Crippen LogP contribution in [0.25, 0.3) is 11.3 Å². The standard InChI is InChI=1S/C18H22N4O3/c1-22(2)12-5-3-11(4-6-12)13-7-8-19-18(20-13)21-14-9-24-17-15(23)10-25-16(14)17/h3-8,14-17,23H,9-10H2,1-2H3,(H,19,20,21)/t14-,15+,16+,17+/m0/s1. The highest BCUT2D eigenvalue weighted by Gasteiger charge is 2.47. The van der Waals surface area contributed by atoms with E-state index >= 15 is 0 Å². The predicted octanol–water partition coefficient (Wildman–Crippen LogP) is 1.15. The van der Waals surface area contributed by atoms with Crippen molar-refractivity contribution in [3.8, 4) is 11.3 Å². The first-order valence-corrected chi connectivity index (χ1v) is 8.40. The van der Waals surface area contributed by atoms with Gasteiger partial charge in [0.15, 0.2) is 0 Å². The van der Waals surface area contributed by atoms with Gasteiger partial charge in [-0.2, -0.15) is 0 Å². The summed E-state index contributed by atoms with van der Waals surface area (Å²) < 4.78 is 11.3. The lowest BCUT2D eigenvalue weighted by atomic mass is 10.1. The fourth-order valence-electron chi connectivity index (χ4n) is 3.29. The number of hydrogen-bond acceptors (Lipinski definition) is 7. The van der Waals surface area contributed by atoms with Crippen molar-refractivity contribution < 1.29 is 14.6 Å². The summed E-state index contributed by atoms with van der Waals surface area (Å²) in [6.45, 7) is 0.782. The second-order valence-corrected chi connectivity index (χ2v) is 6.62. The van der Waals surface area contributed by atoms with E-state index in [9.17, 15) is 5.11 Å². The Balaban J connectivity index is 1.50. The molecule has 1 aromatic carbocycles. The second kappa shape index (κ2) is 6.59. The fraction of sp³-hybridized carbons (Fsp3) is 0.444. The van der Waals surface area contributed by atoms with Crippen molar-refractivity contribution in [3.63, 3.8) is 0 Å². The molecule has 0 radical (unpaired) electrons. The van der Waals surface area contributed by atoms with Gasteiger partial charge in [-0.1, -0.05) is 12.1 Å². The Morgan fingerprint density at radius 1 is 1.08 bits per heavy atom. The van der Waals surface area contributed by atoms with Gasteiger partial charge >= 0.3 is 0 Å². The van der Waals surface area contributed by atoms with Crippen LogP contribution >= 0.6 is 0 Å². The van der Waals surface area contributed by atoms with Crippen molar-refractivity contribution in [1.82, 2.24) is 9.97 Å². The molecule has 25 heavy (non-hydrogen) atoms. The quantitative estimate of drug-likeness (QED) is 0.863. The number of aromatic nitrogens is 2. The number of fused-ring (bicyclic) bond motifs is 1. The number of nitrogens with zero attached hydrogens (tertiary/aromatic N) is 3. The monoisotopic (exact) mass is 342 g/mol. The van der Waals surface area contributed by atoms with Crippen molar-refractivity contribution in [1.29, 1.82) is 0 Å². The lowest BCUT2D eigenvalue weighted by Gasteiger charge is -2.17. The zero-order valence-corrected chi connectivity index (χ0v) is 14.3. The molecule has 4 rings (SSSR count). The molecule has 0 aliphatic carbocycles. The number of ether oxygens (including phenoxy) is 2. The summed E-state index contributed by atoms with van der Waals surface area (Å²) >= 11 is 0. The maximum atomic E-state index is 9.82. The lowest BCUT2D eigenvalue weighted by molar-refractivity contribution is 0.0184. The van der Waals surface area contributed by atoms with Crippen LogP contribution in [0.2, 0.25) is 0 Å². The molecule has 0 unspecified atom stereocenters. The van der Waals surface area contributed by atoms with Gasteiger partial charge in [-0.05, 0) is 18.2 Å². The molecule has 0 bridgehead atoms. The summed E-state index contributed by atoms with van der Waals surface area (Å²) in [5.74, 6) is 0.536. The minimum atomic E-state index is -0.556. The first-order chi connectivity index (χ1) is 12.1. The van der Waals surface area contributed by atoms with Crippen molar-refractivity contribution in [2.24, 2.45) is 0 Å². The zero-order chi connectivity index (χ0) is 17.4. The van der Waals surface area contributed by atoms with Crippen LogP contribution in [0, 0.1) is 0 Å². The summed E-state index contributed by atoms with van der Waals surface area (Å²) in [5, 5.41) is 13.1. The van der Waals surface area contributed by atoms with E-state index in [4.69, 9.17) is 9.47 Å². The van der Waals surface area contributed by atoms with Crippen LogP contribution in [0.15, 0.2) is 36.5 Å². The van der Waals surface area contributed by atoms with Crippen LogP contribution in [0.5, 0.6) is 0 Å². The number of rotatable bonds is 4. The Morgan fingerprint density at radius 2 is 1.84 bits per heavy atom. The molecule has 2 fully saturated rings. The first kappa shape index (κ1) is 16.3. The molecule has 2 saturated heterocycles. The average Bonchev–Trinajstić information content (AvgIpc) is 3.19. The molecule has 0 saturated carbocycles. The highest BCUT2D eigenvalue weighted by atomic mass is 16.6. The summed E-state index contributed by atoms with van der Waals surface area (Å²) in [7, 11) is 4.03. The molecule has 0 amide bonds. The second-order valence-electron chi connectivity index (χ2n) is 6.62. The maximum Gasteiger partial charge on any atom is 0.223 e. The van der Waals surface area contributed by atoms with Gasteiger partial charge in [-0.25, -0.2) is 9.97 Å². The van der Waals surface area contributed by atoms with E-state index in [1.54, 1.807) is 6.20 Å². The number of hydrogen-bond donors (Lipinski definition) is 2. The third-order valence-electron chi connectivity index (χ3n) is 4.68. The van der Waals surface area contributed by atoms with E-state index < -0.39 is 6.10 Å². The van der Waals surface area contributed by atoms with Gasteiger partial charge in [-0.3, -0.25) is 0 Å². The minimum Gasteiger partial charge on any atom is -0.388 e. The zero-order valence-electron chi connectivity index (χ0n) is 14.3. The van der Waals surface area contributed by atoms with Crippen LogP contribution in [0.3, 0.4) is 0 Å². The van der Waals surface area contributed by atoms with Gasteiger partial charge in [0.2, 0.25) is 5.95 Å². The van der Waals surface area contributed by atoms with Crippen LogP contribution in [-0.2, 0) is 9.47 Å². The maximum absolute atomic E-state index is 9.82. The Morgan fingerprint density at radius 3 is 2.60 bits per heavy atom. The van der Waals surface area contributed by atoms with E-state index in [1.165, 1.54) is 0 Å². The van der Waals surface area contributed by atoms with Crippen molar-refractivity contribution in [3.05, 3.63) is 36.5 Å². The Hall–Kier alpha value is -2.22. The third-order valence-corrected chi connectivity index (χ3v) is 4.68. The molecule has 7 heteroatoms. The van der Waals surface area contributed by atoms with E-state index in [0.717, 1.165) is 16.9 Å². The summed E-state index contributed by atoms with van der Waals surface area (Å²) in [5.41, 5.74) is 3.03. The van der Waals surface area contributed by atoms with Gasteiger partial charge in [0.1, 0.15) is 18.3 Å².